The molecule has 6 heteroatoms. The monoisotopic (exact) mass is 266 g/mol. The molecule has 0 aromatic rings. The second kappa shape index (κ2) is 5.47. The Kier molecular flexibility index (Phi) is 4.64. The van der Waals surface area contributed by atoms with Gasteiger partial charge in [0, 0.05) is 20.1 Å². The summed E-state index contributed by atoms with van der Waals surface area (Å²) in [6.07, 6.45) is -3.81. The van der Waals surface area contributed by atoms with E-state index in [0.717, 1.165) is 6.42 Å². The molecule has 1 heterocycles. The molecule has 0 spiro atoms. The molecule has 1 saturated heterocycles. The molecule has 0 bridgehead atoms. The first-order chi connectivity index (χ1) is 8.24. The molecule has 0 aromatic heterocycles. The summed E-state index contributed by atoms with van der Waals surface area (Å²) in [5.74, 6) is -0.598. The van der Waals surface area contributed by atoms with Gasteiger partial charge in [-0.3, -0.25) is 4.79 Å². The van der Waals surface area contributed by atoms with E-state index in [9.17, 15) is 18.0 Å². The molecule has 0 aromatic carbocycles. The first kappa shape index (κ1) is 15.3. The maximum atomic E-state index is 13.2. The highest BCUT2D eigenvalue weighted by atomic mass is 19.4. The van der Waals surface area contributed by atoms with Crippen LogP contribution in [0.3, 0.4) is 0 Å². The Morgan fingerprint density at radius 2 is 2.11 bits per heavy atom. The summed E-state index contributed by atoms with van der Waals surface area (Å²) >= 11 is 0. The second-order valence-electron chi connectivity index (χ2n) is 5.21. The third-order valence-electron chi connectivity index (χ3n) is 3.74. The molecule has 0 aliphatic carbocycles. The van der Waals surface area contributed by atoms with Gasteiger partial charge in [-0.1, -0.05) is 20.3 Å². The lowest BCUT2D eigenvalue weighted by atomic mass is 9.84. The fourth-order valence-corrected chi connectivity index (χ4v) is 2.28. The van der Waals surface area contributed by atoms with Crippen LogP contribution in [0.2, 0.25) is 0 Å². The molecule has 1 rings (SSSR count). The van der Waals surface area contributed by atoms with Crippen LogP contribution in [0, 0.1) is 11.3 Å². The Bertz CT molecular complexity index is 298. The molecule has 1 aliphatic rings. The molecule has 0 saturated carbocycles. The van der Waals surface area contributed by atoms with Crippen LogP contribution in [0.1, 0.15) is 26.7 Å². The molecule has 2 atom stereocenters. The van der Waals surface area contributed by atoms with Crippen LogP contribution in [0.5, 0.6) is 0 Å². The van der Waals surface area contributed by atoms with E-state index >= 15 is 0 Å². The lowest BCUT2D eigenvalue weighted by Crippen LogP contribution is -2.53. The molecule has 1 aliphatic heterocycles. The van der Waals surface area contributed by atoms with Crippen molar-refractivity contribution in [2.45, 2.75) is 32.9 Å². The van der Waals surface area contributed by atoms with Gasteiger partial charge in [-0.2, -0.15) is 13.2 Å². The standard InChI is InChI=1S/C12H21F3N2O/c1-4-9(2)7-17(3)10(18)11(12(13,14)15)5-6-16-8-11/h9,16H,4-8H2,1-3H3. The van der Waals surface area contributed by atoms with Crippen molar-refractivity contribution in [2.75, 3.05) is 26.7 Å². The van der Waals surface area contributed by atoms with Crippen LogP contribution in [-0.4, -0.2) is 43.7 Å². The third kappa shape index (κ3) is 2.79. The highest BCUT2D eigenvalue weighted by Crippen LogP contribution is 2.44. The Labute approximate surface area is 106 Å². The molecule has 1 amide bonds. The van der Waals surface area contributed by atoms with Crippen molar-refractivity contribution in [1.29, 1.82) is 0 Å². The first-order valence-electron chi connectivity index (χ1n) is 6.27. The van der Waals surface area contributed by atoms with Gasteiger partial charge in [0.25, 0.3) is 0 Å². The number of amides is 1. The first-order valence-corrected chi connectivity index (χ1v) is 6.27. The number of rotatable bonds is 4. The number of hydrogen-bond acceptors (Lipinski definition) is 2. The van der Waals surface area contributed by atoms with Gasteiger partial charge in [0.2, 0.25) is 5.91 Å². The Morgan fingerprint density at radius 1 is 1.50 bits per heavy atom. The fourth-order valence-electron chi connectivity index (χ4n) is 2.28. The number of nitrogens with one attached hydrogen (secondary N) is 1. The van der Waals surface area contributed by atoms with E-state index in [-0.39, 0.29) is 25.4 Å². The predicted octanol–water partition coefficient (Wildman–Crippen LogP) is 2.03. The van der Waals surface area contributed by atoms with Crippen molar-refractivity contribution < 1.29 is 18.0 Å². The summed E-state index contributed by atoms with van der Waals surface area (Å²) in [7, 11) is 1.46. The van der Waals surface area contributed by atoms with Gasteiger partial charge in [-0.15, -0.1) is 0 Å². The highest BCUT2D eigenvalue weighted by Gasteiger charge is 2.62. The molecule has 2 unspecified atom stereocenters. The second-order valence-corrected chi connectivity index (χ2v) is 5.21. The third-order valence-corrected chi connectivity index (χ3v) is 3.74. The van der Waals surface area contributed by atoms with Gasteiger partial charge in [0.1, 0.15) is 0 Å². The van der Waals surface area contributed by atoms with Crippen molar-refractivity contribution in [3.63, 3.8) is 0 Å². The Morgan fingerprint density at radius 3 is 2.50 bits per heavy atom. The summed E-state index contributed by atoms with van der Waals surface area (Å²) in [5.41, 5.74) is -2.23. The normalized spacial score (nSPS) is 26.1. The number of carbonyl (C=O) groups is 1. The number of halogens is 3. The van der Waals surface area contributed by atoms with E-state index in [1.807, 2.05) is 13.8 Å². The number of alkyl halides is 3. The van der Waals surface area contributed by atoms with Gasteiger partial charge in [0.05, 0.1) is 0 Å². The molecular weight excluding hydrogens is 245 g/mol. The average Bonchev–Trinajstić information content (AvgIpc) is 2.77. The molecule has 1 fully saturated rings. The van der Waals surface area contributed by atoms with E-state index in [1.54, 1.807) is 0 Å². The Balaban J connectivity index is 2.84. The lowest BCUT2D eigenvalue weighted by molar-refractivity contribution is -0.221. The zero-order valence-electron chi connectivity index (χ0n) is 11.1. The fraction of sp³-hybridized carbons (Fsp3) is 0.917. The minimum atomic E-state index is -4.49. The van der Waals surface area contributed by atoms with E-state index in [0.29, 0.717) is 6.54 Å². The van der Waals surface area contributed by atoms with Gasteiger partial charge in [-0.05, 0) is 18.9 Å². The average molecular weight is 266 g/mol. The predicted molar refractivity (Wildman–Crippen MR) is 63.1 cm³/mol. The summed E-state index contributed by atoms with van der Waals surface area (Å²) in [6, 6.07) is 0. The van der Waals surface area contributed by atoms with Crippen molar-refractivity contribution in [1.82, 2.24) is 10.2 Å². The maximum Gasteiger partial charge on any atom is 0.404 e. The summed E-state index contributed by atoms with van der Waals surface area (Å²) in [5, 5.41) is 2.66. The SMILES string of the molecule is CCC(C)CN(C)C(=O)C1(C(F)(F)F)CCNC1. The van der Waals surface area contributed by atoms with Crippen LogP contribution >= 0.6 is 0 Å². The lowest BCUT2D eigenvalue weighted by Gasteiger charge is -2.34. The largest absolute Gasteiger partial charge is 0.404 e. The van der Waals surface area contributed by atoms with E-state index in [2.05, 4.69) is 5.32 Å². The van der Waals surface area contributed by atoms with E-state index in [4.69, 9.17) is 0 Å². The van der Waals surface area contributed by atoms with Crippen LogP contribution in [0.4, 0.5) is 13.2 Å². The van der Waals surface area contributed by atoms with Gasteiger partial charge in [-0.25, -0.2) is 0 Å². The van der Waals surface area contributed by atoms with E-state index in [1.165, 1.54) is 11.9 Å². The van der Waals surface area contributed by atoms with Crippen LogP contribution in [0.15, 0.2) is 0 Å². The van der Waals surface area contributed by atoms with Crippen LogP contribution in [-0.2, 0) is 4.79 Å². The van der Waals surface area contributed by atoms with Crippen molar-refractivity contribution in [3.8, 4) is 0 Å². The van der Waals surface area contributed by atoms with Gasteiger partial charge < -0.3 is 10.2 Å². The highest BCUT2D eigenvalue weighted by molar-refractivity contribution is 5.84. The van der Waals surface area contributed by atoms with Crippen molar-refractivity contribution in [2.24, 2.45) is 11.3 Å². The van der Waals surface area contributed by atoms with E-state index < -0.39 is 17.5 Å². The molecule has 3 nitrogen and oxygen atoms in total. The quantitative estimate of drug-likeness (QED) is 0.844. The number of hydrogen-bond donors (Lipinski definition) is 1. The van der Waals surface area contributed by atoms with Crippen LogP contribution < -0.4 is 5.32 Å². The molecule has 18 heavy (non-hydrogen) atoms. The zero-order chi connectivity index (χ0) is 14.0. The molecular formula is C12H21F3N2O. The zero-order valence-corrected chi connectivity index (χ0v) is 11.1. The van der Waals surface area contributed by atoms with Crippen molar-refractivity contribution in [3.05, 3.63) is 0 Å². The van der Waals surface area contributed by atoms with Gasteiger partial charge in [0.15, 0.2) is 5.41 Å². The smallest absolute Gasteiger partial charge is 0.345 e. The molecule has 106 valence electrons. The van der Waals surface area contributed by atoms with Gasteiger partial charge >= 0.3 is 6.18 Å². The maximum absolute atomic E-state index is 13.2. The van der Waals surface area contributed by atoms with Crippen LogP contribution in [0.25, 0.3) is 0 Å². The topological polar surface area (TPSA) is 32.3 Å². The minimum Gasteiger partial charge on any atom is -0.345 e. The Hall–Kier alpha value is -0.780. The summed E-state index contributed by atoms with van der Waals surface area (Å²) < 4.78 is 39.5. The number of carbonyl (C=O) groups excluding carboxylic acids is 1. The molecule has 1 N–H and O–H groups in total. The summed E-state index contributed by atoms with van der Waals surface area (Å²) in [6.45, 7) is 4.19. The van der Waals surface area contributed by atoms with Crippen molar-refractivity contribution >= 4 is 5.91 Å². The number of nitrogens with zero attached hydrogens (tertiary/aromatic N) is 1. The summed E-state index contributed by atoms with van der Waals surface area (Å²) in [4.78, 5) is 13.4. The molecule has 0 radical (unpaired) electrons. The minimum absolute atomic E-state index is 0.166.